The van der Waals surface area contributed by atoms with Crippen molar-refractivity contribution in [2.45, 2.75) is 57.7 Å². The number of carbonyl (C=O) groups excluding carboxylic acids is 3. The van der Waals surface area contributed by atoms with Crippen LogP contribution in [0.3, 0.4) is 0 Å². The number of esters is 3. The summed E-state index contributed by atoms with van der Waals surface area (Å²) in [7, 11) is 0. The van der Waals surface area contributed by atoms with Crippen molar-refractivity contribution in [2.24, 2.45) is 16.2 Å². The summed E-state index contributed by atoms with van der Waals surface area (Å²) in [6.07, 6.45) is -4.58. The molecule has 0 bridgehead atoms. The molecule has 4 fully saturated rings. The van der Waals surface area contributed by atoms with Gasteiger partial charge in [-0.3, -0.25) is 9.59 Å². The van der Waals surface area contributed by atoms with Gasteiger partial charge in [0.1, 0.15) is 16.9 Å². The SMILES string of the molecule is CC(C)(C)[C@]1(O)C[C@@H]2OC(=O)C[C@@]23C(=O)OC2OC(=O)[C@H](O)C213. The van der Waals surface area contributed by atoms with Crippen molar-refractivity contribution < 1.29 is 38.8 Å². The lowest BCUT2D eigenvalue weighted by Crippen LogP contribution is -2.65. The van der Waals surface area contributed by atoms with Crippen LogP contribution in [-0.4, -0.2) is 52.2 Å². The maximum atomic E-state index is 12.6. The van der Waals surface area contributed by atoms with Gasteiger partial charge in [0.05, 0.1) is 12.0 Å². The molecule has 0 aromatic carbocycles. The van der Waals surface area contributed by atoms with Gasteiger partial charge in [0.2, 0.25) is 0 Å². The molecule has 2 N–H and O–H groups in total. The summed E-state index contributed by atoms with van der Waals surface area (Å²) in [6, 6.07) is 0. The Morgan fingerprint density at radius 2 is 1.78 bits per heavy atom. The molecule has 8 heteroatoms. The van der Waals surface area contributed by atoms with Gasteiger partial charge in [0, 0.05) is 6.42 Å². The van der Waals surface area contributed by atoms with Gasteiger partial charge in [-0.2, -0.15) is 0 Å². The van der Waals surface area contributed by atoms with Crippen LogP contribution in [0.2, 0.25) is 0 Å². The van der Waals surface area contributed by atoms with Crippen LogP contribution >= 0.6 is 0 Å². The van der Waals surface area contributed by atoms with E-state index in [-0.39, 0.29) is 12.8 Å². The van der Waals surface area contributed by atoms with Crippen LogP contribution < -0.4 is 0 Å². The molecular weight excluding hydrogens is 308 g/mol. The third-order valence-corrected chi connectivity index (χ3v) is 6.22. The van der Waals surface area contributed by atoms with Gasteiger partial charge >= 0.3 is 17.9 Å². The van der Waals surface area contributed by atoms with Crippen molar-refractivity contribution in [1.82, 2.24) is 0 Å². The van der Waals surface area contributed by atoms with E-state index >= 15 is 0 Å². The van der Waals surface area contributed by atoms with Crippen molar-refractivity contribution in [3.63, 3.8) is 0 Å². The van der Waals surface area contributed by atoms with E-state index in [0.717, 1.165) is 0 Å². The quantitative estimate of drug-likeness (QED) is 0.558. The molecule has 2 spiro atoms. The highest BCUT2D eigenvalue weighted by Gasteiger charge is 2.92. The predicted molar refractivity (Wildman–Crippen MR) is 70.4 cm³/mol. The smallest absolute Gasteiger partial charge is 0.339 e. The Morgan fingerprint density at radius 1 is 1.13 bits per heavy atom. The fourth-order valence-electron chi connectivity index (χ4n) is 5.15. The second-order valence-corrected chi connectivity index (χ2v) is 7.89. The zero-order valence-corrected chi connectivity index (χ0v) is 13.0. The Hall–Kier alpha value is -1.67. The molecule has 1 aliphatic carbocycles. The van der Waals surface area contributed by atoms with E-state index in [9.17, 15) is 24.6 Å². The number of hydrogen-bond donors (Lipinski definition) is 2. The molecule has 126 valence electrons. The highest BCUT2D eigenvalue weighted by molar-refractivity contribution is 5.94. The second kappa shape index (κ2) is 3.70. The van der Waals surface area contributed by atoms with Crippen LogP contribution in [0.15, 0.2) is 0 Å². The zero-order chi connectivity index (χ0) is 17.0. The molecule has 0 amide bonds. The van der Waals surface area contributed by atoms with Gasteiger partial charge < -0.3 is 24.4 Å². The first-order valence-electron chi connectivity index (χ1n) is 7.54. The molecule has 0 aromatic heterocycles. The number of aliphatic hydroxyl groups excluding tert-OH is 1. The number of aliphatic hydroxyl groups is 2. The van der Waals surface area contributed by atoms with Gasteiger partial charge in [-0.1, -0.05) is 20.8 Å². The number of ether oxygens (including phenoxy) is 3. The molecule has 3 saturated heterocycles. The average Bonchev–Trinajstić information content (AvgIpc) is 3.00. The Morgan fingerprint density at radius 3 is 2.39 bits per heavy atom. The van der Waals surface area contributed by atoms with Gasteiger partial charge in [0.15, 0.2) is 6.10 Å². The minimum Gasteiger partial charge on any atom is -0.461 e. The molecule has 3 aliphatic heterocycles. The summed E-state index contributed by atoms with van der Waals surface area (Å²) in [5.74, 6) is -2.36. The van der Waals surface area contributed by atoms with E-state index in [4.69, 9.17) is 14.2 Å². The van der Waals surface area contributed by atoms with Crippen molar-refractivity contribution in [3.8, 4) is 0 Å². The van der Waals surface area contributed by atoms with Crippen molar-refractivity contribution in [2.75, 3.05) is 0 Å². The van der Waals surface area contributed by atoms with Crippen LogP contribution in [-0.2, 0) is 28.6 Å². The van der Waals surface area contributed by atoms with Crippen LogP contribution in [0, 0.1) is 16.2 Å². The van der Waals surface area contributed by atoms with Gasteiger partial charge in [-0.05, 0) is 5.41 Å². The molecule has 4 rings (SSSR count). The van der Waals surface area contributed by atoms with Gasteiger partial charge in [-0.15, -0.1) is 0 Å². The van der Waals surface area contributed by atoms with Crippen molar-refractivity contribution in [3.05, 3.63) is 0 Å². The Bertz CT molecular complexity index is 650. The second-order valence-electron chi connectivity index (χ2n) is 7.89. The molecule has 2 unspecified atom stereocenters. The van der Waals surface area contributed by atoms with Crippen LogP contribution in [0.25, 0.3) is 0 Å². The minimum absolute atomic E-state index is 0.0679. The van der Waals surface area contributed by atoms with E-state index in [1.807, 2.05) is 0 Å². The summed E-state index contributed by atoms with van der Waals surface area (Å²) < 4.78 is 15.5. The topological polar surface area (TPSA) is 119 Å². The van der Waals surface area contributed by atoms with E-state index in [0.29, 0.717) is 0 Å². The van der Waals surface area contributed by atoms with Crippen LogP contribution in [0.4, 0.5) is 0 Å². The van der Waals surface area contributed by atoms with E-state index in [2.05, 4.69) is 0 Å². The Labute approximate surface area is 131 Å². The van der Waals surface area contributed by atoms with E-state index < -0.39 is 58.3 Å². The van der Waals surface area contributed by atoms with Crippen LogP contribution in [0.5, 0.6) is 0 Å². The number of rotatable bonds is 0. The standard InChI is InChI=1S/C15H18O8/c1-12(2,3)14(20)4-6-13(5-7(16)21-6)10(19)23-11-15(13,14)8(17)9(18)22-11/h6,8,11,17,20H,4-5H2,1-3H3/t6-,8-,11?,13-,14+,15?/m0/s1. The summed E-state index contributed by atoms with van der Waals surface area (Å²) in [5, 5.41) is 22.2. The lowest BCUT2D eigenvalue weighted by molar-refractivity contribution is -0.224. The highest BCUT2D eigenvalue weighted by atomic mass is 16.7. The van der Waals surface area contributed by atoms with Crippen molar-refractivity contribution in [1.29, 1.82) is 0 Å². The summed E-state index contributed by atoms with van der Waals surface area (Å²) in [5.41, 5.74) is -5.91. The summed E-state index contributed by atoms with van der Waals surface area (Å²) >= 11 is 0. The van der Waals surface area contributed by atoms with Gasteiger partial charge in [0.25, 0.3) is 6.29 Å². The first-order chi connectivity index (χ1) is 10.5. The Kier molecular flexibility index (Phi) is 2.39. The van der Waals surface area contributed by atoms with Gasteiger partial charge in [-0.25, -0.2) is 4.79 Å². The molecule has 3 heterocycles. The molecule has 1 saturated carbocycles. The Balaban J connectivity index is 2.05. The third kappa shape index (κ3) is 1.20. The molecule has 23 heavy (non-hydrogen) atoms. The lowest BCUT2D eigenvalue weighted by atomic mass is 9.52. The molecule has 0 radical (unpaired) electrons. The average molecular weight is 326 g/mol. The lowest BCUT2D eigenvalue weighted by Gasteiger charge is -2.49. The van der Waals surface area contributed by atoms with E-state index in [1.54, 1.807) is 20.8 Å². The maximum absolute atomic E-state index is 12.6. The largest absolute Gasteiger partial charge is 0.461 e. The normalized spacial score (nSPS) is 51.0. The van der Waals surface area contributed by atoms with E-state index in [1.165, 1.54) is 0 Å². The fraction of sp³-hybridized carbons (Fsp3) is 0.800. The molecule has 4 aliphatic rings. The summed E-state index contributed by atoms with van der Waals surface area (Å²) in [4.78, 5) is 36.5. The first kappa shape index (κ1) is 14.9. The van der Waals surface area contributed by atoms with Crippen LogP contribution in [0.1, 0.15) is 33.6 Å². The highest BCUT2D eigenvalue weighted by Crippen LogP contribution is 2.75. The van der Waals surface area contributed by atoms with Crippen molar-refractivity contribution >= 4 is 17.9 Å². The number of hydrogen-bond acceptors (Lipinski definition) is 8. The molecule has 6 atom stereocenters. The molecule has 8 nitrogen and oxygen atoms in total. The minimum atomic E-state index is -1.78. The first-order valence-corrected chi connectivity index (χ1v) is 7.54. The zero-order valence-electron chi connectivity index (χ0n) is 13.0. The molecule has 0 aromatic rings. The predicted octanol–water partition coefficient (Wildman–Crippen LogP) is -0.744. The molecular formula is C15H18O8. The summed E-state index contributed by atoms with van der Waals surface area (Å²) in [6.45, 7) is 5.19. The maximum Gasteiger partial charge on any atom is 0.339 e. The fourth-order valence-corrected chi connectivity index (χ4v) is 5.15. The third-order valence-electron chi connectivity index (χ3n) is 6.22. The monoisotopic (exact) mass is 326 g/mol. The number of carbonyl (C=O) groups is 3.